The first kappa shape index (κ1) is 12.2. The van der Waals surface area contributed by atoms with Gasteiger partial charge in [-0.25, -0.2) is 9.97 Å². The number of H-pyrrole nitrogens is 1. The molecule has 0 saturated heterocycles. The zero-order chi connectivity index (χ0) is 13.2. The molecular formula is C12H14N4O2S. The van der Waals surface area contributed by atoms with Gasteiger partial charge in [0.25, 0.3) is 0 Å². The van der Waals surface area contributed by atoms with Crippen molar-refractivity contribution in [3.05, 3.63) is 28.8 Å². The van der Waals surface area contributed by atoms with Gasteiger partial charge < -0.3 is 15.4 Å². The molecule has 0 bridgehead atoms. The third-order valence-electron chi connectivity index (χ3n) is 3.21. The fourth-order valence-electron chi connectivity index (χ4n) is 2.27. The molecule has 0 aliphatic heterocycles. The van der Waals surface area contributed by atoms with Crippen molar-refractivity contribution in [1.29, 1.82) is 0 Å². The molecule has 19 heavy (non-hydrogen) atoms. The van der Waals surface area contributed by atoms with Gasteiger partial charge in [-0.2, -0.15) is 0 Å². The van der Waals surface area contributed by atoms with Gasteiger partial charge in [-0.05, 0) is 12.8 Å². The van der Waals surface area contributed by atoms with Crippen LogP contribution in [0.4, 0.5) is 5.13 Å². The molecule has 0 saturated carbocycles. The van der Waals surface area contributed by atoms with E-state index in [1.807, 2.05) is 0 Å². The predicted molar refractivity (Wildman–Crippen MR) is 71.6 cm³/mol. The molecule has 0 fully saturated rings. The number of aromatic nitrogens is 3. The number of nitrogens with one attached hydrogen (secondary N) is 2. The number of aryl methyl sites for hydroxylation is 1. The van der Waals surface area contributed by atoms with Crippen LogP contribution in [0.25, 0.3) is 0 Å². The van der Waals surface area contributed by atoms with Gasteiger partial charge in [-0.3, -0.25) is 4.79 Å². The number of carbonyl (C=O) groups is 1. The van der Waals surface area contributed by atoms with E-state index in [0.29, 0.717) is 6.42 Å². The number of imidazole rings is 1. The third kappa shape index (κ3) is 2.46. The van der Waals surface area contributed by atoms with Crippen LogP contribution >= 0.6 is 11.3 Å². The van der Waals surface area contributed by atoms with E-state index in [0.717, 1.165) is 40.9 Å². The molecule has 7 heteroatoms. The maximum absolute atomic E-state index is 11.1. The second-order valence-corrected chi connectivity index (χ2v) is 5.55. The summed E-state index contributed by atoms with van der Waals surface area (Å²) in [5, 5.41) is 13.1. The zero-order valence-electron chi connectivity index (χ0n) is 10.2. The van der Waals surface area contributed by atoms with Crippen molar-refractivity contribution in [2.24, 2.45) is 0 Å². The molecule has 0 spiro atoms. The number of aromatic amines is 1. The van der Waals surface area contributed by atoms with Crippen molar-refractivity contribution in [3.8, 4) is 0 Å². The Morgan fingerprint density at radius 3 is 3.26 bits per heavy atom. The first-order chi connectivity index (χ1) is 9.24. The minimum absolute atomic E-state index is 0.424. The first-order valence-electron chi connectivity index (χ1n) is 6.18. The maximum atomic E-state index is 11.1. The van der Waals surface area contributed by atoms with Gasteiger partial charge in [-0.1, -0.05) is 0 Å². The highest BCUT2D eigenvalue weighted by atomic mass is 32.1. The Morgan fingerprint density at radius 2 is 2.53 bits per heavy atom. The van der Waals surface area contributed by atoms with Gasteiger partial charge in [0.15, 0.2) is 5.13 Å². The summed E-state index contributed by atoms with van der Waals surface area (Å²) in [7, 11) is 0. The second kappa shape index (κ2) is 5.00. The molecule has 2 aromatic rings. The standard InChI is InChI=1S/C12H14N4O2S/c17-11(18)7-1-2-8-10(7)16-12(19-8)15-4-3-9-13-5-6-14-9/h5-7H,1-4H2,(H,13,14)(H,15,16)(H,17,18). The summed E-state index contributed by atoms with van der Waals surface area (Å²) < 4.78 is 0. The molecule has 1 atom stereocenters. The fraction of sp³-hybridized carbons (Fsp3) is 0.417. The number of hydrogen-bond donors (Lipinski definition) is 3. The van der Waals surface area contributed by atoms with Crippen molar-refractivity contribution >= 4 is 22.4 Å². The van der Waals surface area contributed by atoms with E-state index in [9.17, 15) is 4.79 Å². The third-order valence-corrected chi connectivity index (χ3v) is 4.30. The second-order valence-electron chi connectivity index (χ2n) is 4.47. The Hall–Kier alpha value is -1.89. The topological polar surface area (TPSA) is 90.9 Å². The number of anilines is 1. The van der Waals surface area contributed by atoms with E-state index < -0.39 is 11.9 Å². The van der Waals surface area contributed by atoms with Crippen molar-refractivity contribution < 1.29 is 9.90 Å². The van der Waals surface area contributed by atoms with Crippen LogP contribution in [0.2, 0.25) is 0 Å². The summed E-state index contributed by atoms with van der Waals surface area (Å²) in [4.78, 5) is 23.8. The molecule has 6 nitrogen and oxygen atoms in total. The molecule has 0 amide bonds. The van der Waals surface area contributed by atoms with Crippen LogP contribution < -0.4 is 5.32 Å². The molecule has 2 heterocycles. The summed E-state index contributed by atoms with van der Waals surface area (Å²) >= 11 is 1.56. The van der Waals surface area contributed by atoms with E-state index in [2.05, 4.69) is 20.3 Å². The zero-order valence-corrected chi connectivity index (χ0v) is 11.0. The van der Waals surface area contributed by atoms with Gasteiger partial charge in [0.1, 0.15) is 11.7 Å². The number of nitrogens with zero attached hydrogens (tertiary/aromatic N) is 2. The Bertz CT molecular complexity index is 579. The van der Waals surface area contributed by atoms with E-state index in [1.165, 1.54) is 0 Å². The SMILES string of the molecule is O=C(O)C1CCc2sc(NCCc3ncc[nH]3)nc21. The number of rotatable bonds is 5. The molecule has 0 radical (unpaired) electrons. The smallest absolute Gasteiger partial charge is 0.312 e. The Kier molecular flexibility index (Phi) is 3.20. The van der Waals surface area contributed by atoms with Gasteiger partial charge in [0, 0.05) is 30.2 Å². The largest absolute Gasteiger partial charge is 0.481 e. The summed E-state index contributed by atoms with van der Waals surface area (Å²) in [6.45, 7) is 0.734. The minimum atomic E-state index is -0.772. The molecule has 1 unspecified atom stereocenters. The average Bonchev–Trinajstić information content (AvgIpc) is 3.03. The molecule has 2 aromatic heterocycles. The first-order valence-corrected chi connectivity index (χ1v) is 7.00. The van der Waals surface area contributed by atoms with Crippen LogP contribution in [-0.4, -0.2) is 32.6 Å². The number of carboxylic acids is 1. The van der Waals surface area contributed by atoms with Crippen molar-refractivity contribution in [2.75, 3.05) is 11.9 Å². The minimum Gasteiger partial charge on any atom is -0.481 e. The molecule has 1 aliphatic rings. The normalized spacial score (nSPS) is 17.4. The number of hydrogen-bond acceptors (Lipinski definition) is 5. The quantitative estimate of drug-likeness (QED) is 0.773. The van der Waals surface area contributed by atoms with E-state index >= 15 is 0 Å². The summed E-state index contributed by atoms with van der Waals surface area (Å²) in [6, 6.07) is 0. The van der Waals surface area contributed by atoms with E-state index in [4.69, 9.17) is 5.11 Å². The van der Waals surface area contributed by atoms with E-state index in [-0.39, 0.29) is 0 Å². The number of fused-ring (bicyclic) bond motifs is 1. The Morgan fingerprint density at radius 1 is 1.63 bits per heavy atom. The summed E-state index contributed by atoms with van der Waals surface area (Å²) in [5.74, 6) is -0.266. The molecule has 3 N–H and O–H groups in total. The number of carboxylic acid groups (broad SMARTS) is 1. The summed E-state index contributed by atoms with van der Waals surface area (Å²) in [6.07, 6.45) is 5.81. The Balaban J connectivity index is 1.61. The molecular weight excluding hydrogens is 264 g/mol. The van der Waals surface area contributed by atoms with Crippen LogP contribution in [0, 0.1) is 0 Å². The Labute approximate surface area is 113 Å². The van der Waals surface area contributed by atoms with E-state index in [1.54, 1.807) is 23.7 Å². The van der Waals surface area contributed by atoms with Crippen LogP contribution in [-0.2, 0) is 17.6 Å². The molecule has 1 aliphatic carbocycles. The maximum Gasteiger partial charge on any atom is 0.312 e. The molecule has 0 aromatic carbocycles. The van der Waals surface area contributed by atoms with Crippen LogP contribution in [0.5, 0.6) is 0 Å². The van der Waals surface area contributed by atoms with Crippen molar-refractivity contribution in [2.45, 2.75) is 25.2 Å². The summed E-state index contributed by atoms with van der Waals surface area (Å²) in [5.41, 5.74) is 0.748. The van der Waals surface area contributed by atoms with Gasteiger partial charge >= 0.3 is 5.97 Å². The fourth-order valence-corrected chi connectivity index (χ4v) is 3.33. The van der Waals surface area contributed by atoms with Gasteiger partial charge in [-0.15, -0.1) is 11.3 Å². The predicted octanol–water partition coefficient (Wildman–Crippen LogP) is 1.64. The highest BCUT2D eigenvalue weighted by Gasteiger charge is 2.32. The molecule has 100 valence electrons. The lowest BCUT2D eigenvalue weighted by Crippen LogP contribution is -2.09. The lowest BCUT2D eigenvalue weighted by molar-refractivity contribution is -0.138. The van der Waals surface area contributed by atoms with Crippen LogP contribution in [0.1, 0.15) is 28.7 Å². The van der Waals surface area contributed by atoms with Gasteiger partial charge in [0.05, 0.1) is 5.69 Å². The van der Waals surface area contributed by atoms with Gasteiger partial charge in [0.2, 0.25) is 0 Å². The highest BCUT2D eigenvalue weighted by Crippen LogP contribution is 2.38. The monoisotopic (exact) mass is 278 g/mol. The number of thiazole rings is 1. The highest BCUT2D eigenvalue weighted by molar-refractivity contribution is 7.15. The van der Waals surface area contributed by atoms with Crippen molar-refractivity contribution in [3.63, 3.8) is 0 Å². The van der Waals surface area contributed by atoms with Crippen molar-refractivity contribution in [1.82, 2.24) is 15.0 Å². The van der Waals surface area contributed by atoms with Crippen LogP contribution in [0.3, 0.4) is 0 Å². The lowest BCUT2D eigenvalue weighted by atomic mass is 10.1. The average molecular weight is 278 g/mol. The number of aliphatic carboxylic acids is 1. The lowest BCUT2D eigenvalue weighted by Gasteiger charge is -2.03. The van der Waals surface area contributed by atoms with Crippen LogP contribution in [0.15, 0.2) is 12.4 Å². The molecule has 3 rings (SSSR count).